The van der Waals surface area contributed by atoms with E-state index in [0.29, 0.717) is 29.4 Å². The van der Waals surface area contributed by atoms with Gasteiger partial charge in [0.05, 0.1) is 17.8 Å². The molecule has 0 saturated heterocycles. The number of hydrazone groups is 1. The standard InChI is InChI=1S/C28H23ClFN3O4/c1-17(32-33-28(35)27(34)31-21-11-12-24(30)23(29)15-21)19-10-13-25(26(14-19)36-2)37-16-20-8-5-7-18-6-3-4-9-22(18)20/h3-15H,16H2,1-2H3,(H,31,34)(H,33,35)/b32-17+. The molecular formula is C28H23ClFN3O4. The molecule has 0 bridgehead atoms. The first-order chi connectivity index (χ1) is 17.9. The minimum atomic E-state index is -0.998. The topological polar surface area (TPSA) is 89.0 Å². The van der Waals surface area contributed by atoms with E-state index in [1.807, 2.05) is 24.3 Å². The molecule has 4 rings (SSSR count). The lowest BCUT2D eigenvalue weighted by Gasteiger charge is -2.13. The van der Waals surface area contributed by atoms with Crippen molar-refractivity contribution in [3.8, 4) is 11.5 Å². The van der Waals surface area contributed by atoms with Crippen molar-refractivity contribution < 1.29 is 23.5 Å². The van der Waals surface area contributed by atoms with Crippen LogP contribution in [0.2, 0.25) is 5.02 Å². The average Bonchev–Trinajstić information content (AvgIpc) is 2.92. The van der Waals surface area contributed by atoms with Gasteiger partial charge in [-0.15, -0.1) is 0 Å². The first-order valence-corrected chi connectivity index (χ1v) is 11.6. The van der Waals surface area contributed by atoms with Gasteiger partial charge >= 0.3 is 11.8 Å². The lowest BCUT2D eigenvalue weighted by Crippen LogP contribution is -2.32. The molecule has 0 aromatic heterocycles. The molecule has 0 fully saturated rings. The second kappa shape index (κ2) is 11.5. The van der Waals surface area contributed by atoms with Gasteiger partial charge in [-0.3, -0.25) is 9.59 Å². The van der Waals surface area contributed by atoms with Crippen LogP contribution < -0.4 is 20.2 Å². The fourth-order valence-corrected chi connectivity index (χ4v) is 3.78. The highest BCUT2D eigenvalue weighted by Gasteiger charge is 2.15. The number of anilines is 1. The zero-order valence-electron chi connectivity index (χ0n) is 20.0. The highest BCUT2D eigenvalue weighted by atomic mass is 35.5. The van der Waals surface area contributed by atoms with Crippen LogP contribution >= 0.6 is 11.6 Å². The highest BCUT2D eigenvalue weighted by Crippen LogP contribution is 2.30. The van der Waals surface area contributed by atoms with Crippen molar-refractivity contribution in [2.24, 2.45) is 5.10 Å². The van der Waals surface area contributed by atoms with Gasteiger partial charge in [-0.2, -0.15) is 5.10 Å². The summed E-state index contributed by atoms with van der Waals surface area (Å²) in [7, 11) is 1.53. The number of nitrogens with one attached hydrogen (secondary N) is 2. The van der Waals surface area contributed by atoms with Crippen LogP contribution in [0.3, 0.4) is 0 Å². The molecule has 7 nitrogen and oxygen atoms in total. The molecule has 188 valence electrons. The summed E-state index contributed by atoms with van der Waals surface area (Å²) in [4.78, 5) is 24.3. The number of hydrogen-bond acceptors (Lipinski definition) is 5. The Morgan fingerprint density at radius 3 is 2.51 bits per heavy atom. The number of carbonyl (C=O) groups excluding carboxylic acids is 2. The summed E-state index contributed by atoms with van der Waals surface area (Å²) >= 11 is 5.69. The zero-order valence-corrected chi connectivity index (χ0v) is 20.8. The molecular weight excluding hydrogens is 497 g/mol. The van der Waals surface area contributed by atoms with Crippen LogP contribution in [-0.2, 0) is 16.2 Å². The predicted octanol–water partition coefficient (Wildman–Crippen LogP) is 5.70. The lowest BCUT2D eigenvalue weighted by atomic mass is 10.1. The maximum atomic E-state index is 13.3. The van der Waals surface area contributed by atoms with Crippen LogP contribution in [-0.4, -0.2) is 24.6 Å². The highest BCUT2D eigenvalue weighted by molar-refractivity contribution is 6.40. The number of rotatable bonds is 7. The average molecular weight is 520 g/mol. The lowest BCUT2D eigenvalue weighted by molar-refractivity contribution is -0.136. The van der Waals surface area contributed by atoms with Crippen molar-refractivity contribution in [3.63, 3.8) is 0 Å². The second-order valence-corrected chi connectivity index (χ2v) is 8.42. The minimum Gasteiger partial charge on any atom is -0.493 e. The van der Waals surface area contributed by atoms with E-state index < -0.39 is 17.6 Å². The van der Waals surface area contributed by atoms with Gasteiger partial charge in [0, 0.05) is 11.3 Å². The summed E-state index contributed by atoms with van der Waals surface area (Å²) in [6, 6.07) is 23.0. The van der Waals surface area contributed by atoms with Gasteiger partial charge in [-0.25, -0.2) is 9.82 Å². The number of ether oxygens (including phenoxy) is 2. The van der Waals surface area contributed by atoms with Gasteiger partial charge < -0.3 is 14.8 Å². The number of benzene rings is 4. The van der Waals surface area contributed by atoms with Gasteiger partial charge in [0.25, 0.3) is 0 Å². The van der Waals surface area contributed by atoms with Crippen molar-refractivity contribution >= 4 is 45.6 Å². The van der Waals surface area contributed by atoms with Gasteiger partial charge in [0.15, 0.2) is 11.5 Å². The molecule has 2 N–H and O–H groups in total. The van der Waals surface area contributed by atoms with Crippen LogP contribution in [0.1, 0.15) is 18.1 Å². The molecule has 0 heterocycles. The Kier molecular flexibility index (Phi) is 8.00. The number of fused-ring (bicyclic) bond motifs is 1. The fraction of sp³-hybridized carbons (Fsp3) is 0.107. The largest absolute Gasteiger partial charge is 0.493 e. The third kappa shape index (κ3) is 6.23. The number of methoxy groups -OCH3 is 1. The first-order valence-electron chi connectivity index (χ1n) is 11.2. The van der Waals surface area contributed by atoms with E-state index in [1.54, 1.807) is 25.1 Å². The Hall–Kier alpha value is -4.43. The molecule has 0 aliphatic rings. The van der Waals surface area contributed by atoms with Gasteiger partial charge in [0.1, 0.15) is 12.4 Å². The van der Waals surface area contributed by atoms with E-state index >= 15 is 0 Å². The van der Waals surface area contributed by atoms with E-state index in [9.17, 15) is 14.0 Å². The monoisotopic (exact) mass is 519 g/mol. The molecule has 0 saturated carbocycles. The third-order valence-corrected chi connectivity index (χ3v) is 5.84. The molecule has 9 heteroatoms. The van der Waals surface area contributed by atoms with E-state index in [-0.39, 0.29) is 10.7 Å². The molecule has 2 amide bonds. The van der Waals surface area contributed by atoms with Crippen molar-refractivity contribution in [2.75, 3.05) is 12.4 Å². The molecule has 0 aliphatic carbocycles. The summed E-state index contributed by atoms with van der Waals surface area (Å²) in [5.41, 5.74) is 4.51. The Balaban J connectivity index is 1.41. The number of carbonyl (C=O) groups is 2. The molecule has 0 spiro atoms. The van der Waals surface area contributed by atoms with Crippen molar-refractivity contribution in [1.29, 1.82) is 0 Å². The fourth-order valence-electron chi connectivity index (χ4n) is 3.60. The zero-order chi connectivity index (χ0) is 26.4. The number of halogens is 2. The van der Waals surface area contributed by atoms with Crippen LogP contribution in [0, 0.1) is 5.82 Å². The van der Waals surface area contributed by atoms with Crippen molar-refractivity contribution in [2.45, 2.75) is 13.5 Å². The third-order valence-electron chi connectivity index (χ3n) is 5.55. The molecule has 0 radical (unpaired) electrons. The molecule has 0 aliphatic heterocycles. The van der Waals surface area contributed by atoms with Gasteiger partial charge in [0.2, 0.25) is 0 Å². The Labute approximate surface area is 217 Å². The quantitative estimate of drug-likeness (QED) is 0.186. The van der Waals surface area contributed by atoms with E-state index in [4.69, 9.17) is 21.1 Å². The summed E-state index contributed by atoms with van der Waals surface area (Å²) in [5, 5.41) is 8.40. The van der Waals surface area contributed by atoms with E-state index in [1.165, 1.54) is 19.2 Å². The Bertz CT molecular complexity index is 1500. The summed E-state index contributed by atoms with van der Waals surface area (Å²) in [5.74, 6) is -1.57. The minimum absolute atomic E-state index is 0.175. The molecule has 0 atom stereocenters. The van der Waals surface area contributed by atoms with E-state index in [2.05, 4.69) is 34.0 Å². The molecule has 4 aromatic carbocycles. The van der Waals surface area contributed by atoms with Gasteiger partial charge in [-0.05, 0) is 59.7 Å². The number of nitrogens with zero attached hydrogens (tertiary/aromatic N) is 1. The van der Waals surface area contributed by atoms with Gasteiger partial charge in [-0.1, -0.05) is 54.1 Å². The van der Waals surface area contributed by atoms with Crippen LogP contribution in [0.5, 0.6) is 11.5 Å². The van der Waals surface area contributed by atoms with Crippen LogP contribution in [0.4, 0.5) is 10.1 Å². The summed E-state index contributed by atoms with van der Waals surface area (Å²) in [6.45, 7) is 2.03. The summed E-state index contributed by atoms with van der Waals surface area (Å²) in [6.07, 6.45) is 0. The Morgan fingerprint density at radius 2 is 1.73 bits per heavy atom. The van der Waals surface area contributed by atoms with Crippen molar-refractivity contribution in [3.05, 3.63) is 101 Å². The molecule has 4 aromatic rings. The maximum Gasteiger partial charge on any atom is 0.329 e. The first kappa shape index (κ1) is 25.7. The smallest absolute Gasteiger partial charge is 0.329 e. The van der Waals surface area contributed by atoms with Crippen molar-refractivity contribution in [1.82, 2.24) is 5.43 Å². The predicted molar refractivity (Wildman–Crippen MR) is 142 cm³/mol. The van der Waals surface area contributed by atoms with Crippen LogP contribution in [0.15, 0.2) is 84.0 Å². The van der Waals surface area contributed by atoms with E-state index in [0.717, 1.165) is 22.4 Å². The Morgan fingerprint density at radius 1 is 0.946 bits per heavy atom. The second-order valence-electron chi connectivity index (χ2n) is 8.01. The normalized spacial score (nSPS) is 11.2. The number of hydrogen-bond donors (Lipinski definition) is 2. The van der Waals surface area contributed by atoms with Crippen LogP contribution in [0.25, 0.3) is 10.8 Å². The molecule has 37 heavy (non-hydrogen) atoms. The maximum absolute atomic E-state index is 13.3. The number of amides is 2. The molecule has 0 unspecified atom stereocenters. The summed E-state index contributed by atoms with van der Waals surface area (Å²) < 4.78 is 24.8. The SMILES string of the molecule is COc1cc(/C(C)=N/NC(=O)C(=O)Nc2ccc(F)c(Cl)c2)ccc1OCc1cccc2ccccc12.